The third kappa shape index (κ3) is 2.83. The summed E-state index contributed by atoms with van der Waals surface area (Å²) >= 11 is 0. The molecular formula is C12H14N6O. The van der Waals surface area contributed by atoms with Crippen molar-refractivity contribution in [2.45, 2.75) is 6.92 Å². The first-order chi connectivity index (χ1) is 9.11. The van der Waals surface area contributed by atoms with E-state index in [1.807, 2.05) is 19.1 Å². The number of aromatic nitrogens is 4. The van der Waals surface area contributed by atoms with E-state index < -0.39 is 5.69 Å². The number of rotatable bonds is 4. The summed E-state index contributed by atoms with van der Waals surface area (Å²) in [5, 5.41) is 1.24. The maximum atomic E-state index is 11.6. The average molecular weight is 258 g/mol. The molecule has 0 aliphatic rings. The molecule has 19 heavy (non-hydrogen) atoms. The van der Waals surface area contributed by atoms with Gasteiger partial charge in [0, 0.05) is 6.20 Å². The number of aryl methyl sites for hydroxylation is 1. The van der Waals surface area contributed by atoms with Crippen molar-refractivity contribution in [2.24, 2.45) is 5.84 Å². The summed E-state index contributed by atoms with van der Waals surface area (Å²) in [6, 6.07) is 3.69. The fourth-order valence-electron chi connectivity index (χ4n) is 1.57. The number of hydrogen-bond acceptors (Lipinski definition) is 6. The van der Waals surface area contributed by atoms with Crippen LogP contribution in [0.4, 0.5) is 5.95 Å². The minimum atomic E-state index is -0.524. The van der Waals surface area contributed by atoms with Crippen LogP contribution in [0.3, 0.4) is 0 Å². The van der Waals surface area contributed by atoms with Crippen molar-refractivity contribution < 1.29 is 0 Å². The number of nitrogens with two attached hydrogens (primary N) is 1. The van der Waals surface area contributed by atoms with Gasteiger partial charge in [0.25, 0.3) is 0 Å². The van der Waals surface area contributed by atoms with E-state index in [0.29, 0.717) is 18.1 Å². The number of H-pyrrole nitrogens is 1. The molecular weight excluding hydrogens is 244 g/mol. The van der Waals surface area contributed by atoms with Crippen molar-refractivity contribution >= 4 is 5.95 Å². The van der Waals surface area contributed by atoms with Gasteiger partial charge in [0.05, 0.1) is 6.54 Å². The monoisotopic (exact) mass is 258 g/mol. The maximum absolute atomic E-state index is 11.6. The number of anilines is 1. The van der Waals surface area contributed by atoms with E-state index >= 15 is 0 Å². The summed E-state index contributed by atoms with van der Waals surface area (Å²) in [4.78, 5) is 26.2. The Bertz CT molecular complexity index is 651. The number of hydrazine groups is 1. The first-order valence-corrected chi connectivity index (χ1v) is 5.65. The molecule has 0 aliphatic heterocycles. The quantitative estimate of drug-likeness (QED) is 0.467. The van der Waals surface area contributed by atoms with Gasteiger partial charge in [-0.3, -0.25) is 15.0 Å². The lowest BCUT2D eigenvalue weighted by atomic mass is 10.2. The van der Waals surface area contributed by atoms with E-state index in [0.717, 1.165) is 5.56 Å². The molecule has 2 rings (SSSR count). The zero-order chi connectivity index (χ0) is 13.8. The molecule has 7 nitrogen and oxygen atoms in total. The number of nitrogens with one attached hydrogen (secondary N) is 1. The number of pyridine rings is 1. The molecule has 7 heteroatoms. The van der Waals surface area contributed by atoms with Crippen molar-refractivity contribution in [3.8, 4) is 11.5 Å². The summed E-state index contributed by atoms with van der Waals surface area (Å²) in [5.41, 5.74) is 0.968. The van der Waals surface area contributed by atoms with Gasteiger partial charge in [-0.1, -0.05) is 12.1 Å². The third-order valence-electron chi connectivity index (χ3n) is 2.46. The lowest BCUT2D eigenvalue weighted by Gasteiger charge is -2.14. The van der Waals surface area contributed by atoms with Crippen molar-refractivity contribution in [1.82, 2.24) is 19.9 Å². The summed E-state index contributed by atoms with van der Waals surface area (Å²) in [7, 11) is 0. The Morgan fingerprint density at radius 1 is 1.53 bits per heavy atom. The van der Waals surface area contributed by atoms with Crippen LogP contribution < -0.4 is 16.5 Å². The van der Waals surface area contributed by atoms with E-state index in [-0.39, 0.29) is 5.95 Å². The van der Waals surface area contributed by atoms with Crippen LogP contribution in [0.5, 0.6) is 0 Å². The molecule has 0 bridgehead atoms. The molecule has 3 N–H and O–H groups in total. The van der Waals surface area contributed by atoms with Crippen LogP contribution >= 0.6 is 0 Å². The maximum Gasteiger partial charge on any atom is 0.349 e. The third-order valence-corrected chi connectivity index (χ3v) is 2.46. The minimum absolute atomic E-state index is 0.128. The van der Waals surface area contributed by atoms with Gasteiger partial charge in [-0.25, -0.2) is 10.6 Å². The Hall–Kier alpha value is -2.54. The summed E-state index contributed by atoms with van der Waals surface area (Å²) in [5.74, 6) is 6.19. The first kappa shape index (κ1) is 12.9. The van der Waals surface area contributed by atoms with Crippen LogP contribution in [0.1, 0.15) is 5.56 Å². The highest BCUT2D eigenvalue weighted by Gasteiger charge is 2.11. The van der Waals surface area contributed by atoms with Gasteiger partial charge in [0.1, 0.15) is 5.69 Å². The summed E-state index contributed by atoms with van der Waals surface area (Å²) < 4.78 is 0. The molecule has 0 saturated carbocycles. The average Bonchev–Trinajstić information content (AvgIpc) is 2.39. The lowest BCUT2D eigenvalue weighted by molar-refractivity contribution is 0.845. The smallest absolute Gasteiger partial charge is 0.288 e. The topological polar surface area (TPSA) is 101 Å². The molecule has 0 fully saturated rings. The lowest BCUT2D eigenvalue weighted by Crippen LogP contribution is -2.34. The molecule has 0 saturated heterocycles. The highest BCUT2D eigenvalue weighted by molar-refractivity contribution is 5.54. The molecule has 0 aliphatic carbocycles. The van der Waals surface area contributed by atoms with Crippen molar-refractivity contribution in [2.75, 3.05) is 11.6 Å². The SMILES string of the molecule is C=CCN(N)c1nc(-c2ncccc2C)[nH]c(=O)n1. The second kappa shape index (κ2) is 5.40. The van der Waals surface area contributed by atoms with Gasteiger partial charge in [0.2, 0.25) is 5.95 Å². The molecule has 98 valence electrons. The van der Waals surface area contributed by atoms with E-state index in [1.54, 1.807) is 12.3 Å². The van der Waals surface area contributed by atoms with E-state index in [2.05, 4.69) is 26.5 Å². The minimum Gasteiger partial charge on any atom is -0.288 e. The summed E-state index contributed by atoms with van der Waals surface area (Å²) in [6.07, 6.45) is 3.22. The number of nitrogens with zero attached hydrogens (tertiary/aromatic N) is 4. The molecule has 0 atom stereocenters. The van der Waals surface area contributed by atoms with Crippen LogP contribution in [0.25, 0.3) is 11.5 Å². The van der Waals surface area contributed by atoms with Crippen molar-refractivity contribution in [1.29, 1.82) is 0 Å². The van der Waals surface area contributed by atoms with Crippen molar-refractivity contribution in [3.63, 3.8) is 0 Å². The number of hydrogen-bond donors (Lipinski definition) is 2. The molecule has 2 aromatic rings. The second-order valence-electron chi connectivity index (χ2n) is 3.91. The van der Waals surface area contributed by atoms with Gasteiger partial charge in [-0.2, -0.15) is 9.97 Å². The van der Waals surface area contributed by atoms with Gasteiger partial charge in [-0.15, -0.1) is 6.58 Å². The Morgan fingerprint density at radius 3 is 3.00 bits per heavy atom. The standard InChI is InChI=1S/C12H14N6O/c1-3-7-18(13)11-15-10(16-12(19)17-11)9-8(2)5-4-6-14-9/h3-6H,1,7,13H2,2H3,(H,15,16,17,19). The fourth-order valence-corrected chi connectivity index (χ4v) is 1.57. The zero-order valence-electron chi connectivity index (χ0n) is 10.5. The van der Waals surface area contributed by atoms with Crippen LogP contribution in [0.15, 0.2) is 35.8 Å². The first-order valence-electron chi connectivity index (χ1n) is 5.65. The highest BCUT2D eigenvalue weighted by Crippen LogP contribution is 2.15. The van der Waals surface area contributed by atoms with E-state index in [4.69, 9.17) is 5.84 Å². The molecule has 2 heterocycles. The van der Waals surface area contributed by atoms with Crippen LogP contribution in [-0.2, 0) is 0 Å². The van der Waals surface area contributed by atoms with Gasteiger partial charge >= 0.3 is 5.69 Å². The Labute approximate surface area is 109 Å². The fraction of sp³-hybridized carbons (Fsp3) is 0.167. The predicted octanol–water partition coefficient (Wildman–Crippen LogP) is 0.401. The Balaban J connectivity index is 2.51. The highest BCUT2D eigenvalue weighted by atomic mass is 16.1. The number of aromatic amines is 1. The molecule has 0 spiro atoms. The van der Waals surface area contributed by atoms with Gasteiger partial charge in [-0.05, 0) is 18.6 Å². The van der Waals surface area contributed by atoms with E-state index in [9.17, 15) is 4.79 Å². The predicted molar refractivity (Wildman–Crippen MR) is 72.4 cm³/mol. The molecule has 0 aromatic carbocycles. The second-order valence-corrected chi connectivity index (χ2v) is 3.91. The normalized spacial score (nSPS) is 10.2. The largest absolute Gasteiger partial charge is 0.349 e. The Kier molecular flexibility index (Phi) is 3.67. The molecule has 2 aromatic heterocycles. The molecule has 0 unspecified atom stereocenters. The molecule has 0 amide bonds. The zero-order valence-corrected chi connectivity index (χ0v) is 10.5. The summed E-state index contributed by atoms with van der Waals surface area (Å²) in [6.45, 7) is 5.79. The van der Waals surface area contributed by atoms with Gasteiger partial charge < -0.3 is 0 Å². The van der Waals surface area contributed by atoms with Crippen LogP contribution in [0, 0.1) is 6.92 Å². The van der Waals surface area contributed by atoms with Crippen LogP contribution in [-0.4, -0.2) is 26.5 Å². The van der Waals surface area contributed by atoms with Crippen LogP contribution in [0.2, 0.25) is 0 Å². The van der Waals surface area contributed by atoms with Crippen molar-refractivity contribution in [3.05, 3.63) is 47.0 Å². The van der Waals surface area contributed by atoms with Gasteiger partial charge in [0.15, 0.2) is 5.82 Å². The van der Waals surface area contributed by atoms with E-state index in [1.165, 1.54) is 5.01 Å². The Morgan fingerprint density at radius 2 is 2.32 bits per heavy atom. The molecule has 0 radical (unpaired) electrons.